The van der Waals surface area contributed by atoms with Crippen LogP contribution in [0.2, 0.25) is 0 Å². The number of nitrogens with zero attached hydrogens (tertiary/aromatic N) is 1. The number of nitrogens with one attached hydrogen (secondary N) is 3. The highest BCUT2D eigenvalue weighted by molar-refractivity contribution is 5.89. The molecule has 40 heavy (non-hydrogen) atoms. The molecule has 0 aliphatic carbocycles. The van der Waals surface area contributed by atoms with Gasteiger partial charge >= 0.3 is 6.09 Å². The van der Waals surface area contributed by atoms with Gasteiger partial charge in [0.05, 0.1) is 6.61 Å². The number of aromatic amines is 1. The molecule has 3 heterocycles. The van der Waals surface area contributed by atoms with Gasteiger partial charge in [0.15, 0.2) is 0 Å². The second-order valence-corrected chi connectivity index (χ2v) is 10.5. The van der Waals surface area contributed by atoms with Gasteiger partial charge in [-0.2, -0.15) is 0 Å². The van der Waals surface area contributed by atoms with Crippen molar-refractivity contribution in [1.29, 1.82) is 0 Å². The Balaban J connectivity index is 1.58. The number of carbonyl (C=O) groups is 2. The molecule has 2 amide bonds. The van der Waals surface area contributed by atoms with Gasteiger partial charge in [-0.25, -0.2) is 4.79 Å². The van der Waals surface area contributed by atoms with Crippen LogP contribution in [0.1, 0.15) is 53.6 Å². The quantitative estimate of drug-likeness (QED) is 0.302. The SMILES string of the molecule is CCc1ccc2cc1CN(C)C(=O)[C@H](Nc1ccc3cc[nH]c(=O)c3c1)c1ccc(c(C)c1)[C@@H](C)COC(=O)N2. The molecule has 0 saturated heterocycles. The first-order chi connectivity index (χ1) is 19.2. The number of carbonyl (C=O) groups excluding carboxylic acids is 2. The van der Waals surface area contributed by atoms with Gasteiger partial charge in [0, 0.05) is 42.5 Å². The average Bonchev–Trinajstić information content (AvgIpc) is 2.94. The van der Waals surface area contributed by atoms with Gasteiger partial charge in [0.25, 0.3) is 5.56 Å². The zero-order valence-electron chi connectivity index (χ0n) is 23.2. The van der Waals surface area contributed by atoms with Crippen LogP contribution in [0.5, 0.6) is 0 Å². The molecule has 2 aliphatic rings. The van der Waals surface area contributed by atoms with Crippen molar-refractivity contribution in [1.82, 2.24) is 9.88 Å². The Morgan fingerprint density at radius 1 is 1.02 bits per heavy atom. The van der Waals surface area contributed by atoms with Gasteiger partial charge in [-0.15, -0.1) is 0 Å². The fourth-order valence-electron chi connectivity index (χ4n) is 5.35. The molecular weight excluding hydrogens is 504 g/mol. The number of benzene rings is 3. The molecule has 8 nitrogen and oxygen atoms in total. The van der Waals surface area contributed by atoms with Crippen LogP contribution in [0.25, 0.3) is 10.8 Å². The summed E-state index contributed by atoms with van der Waals surface area (Å²) in [6.07, 6.45) is 1.90. The van der Waals surface area contributed by atoms with Gasteiger partial charge < -0.3 is 19.9 Å². The predicted molar refractivity (Wildman–Crippen MR) is 158 cm³/mol. The number of pyridine rings is 1. The van der Waals surface area contributed by atoms with E-state index in [1.807, 2.05) is 68.4 Å². The fourth-order valence-corrected chi connectivity index (χ4v) is 5.35. The summed E-state index contributed by atoms with van der Waals surface area (Å²) in [6, 6.07) is 18.4. The minimum absolute atomic E-state index is 0.0391. The minimum atomic E-state index is -0.689. The summed E-state index contributed by atoms with van der Waals surface area (Å²) in [5, 5.41) is 7.61. The van der Waals surface area contributed by atoms with Gasteiger partial charge in [0.2, 0.25) is 5.91 Å². The minimum Gasteiger partial charge on any atom is -0.449 e. The molecule has 3 aromatic carbocycles. The van der Waals surface area contributed by atoms with E-state index in [9.17, 15) is 14.4 Å². The van der Waals surface area contributed by atoms with Crippen molar-refractivity contribution in [3.63, 3.8) is 0 Å². The lowest BCUT2D eigenvalue weighted by molar-refractivity contribution is -0.131. The van der Waals surface area contributed by atoms with Crippen molar-refractivity contribution >= 4 is 34.1 Å². The smallest absolute Gasteiger partial charge is 0.411 e. The molecule has 8 heteroatoms. The molecule has 2 aliphatic heterocycles. The second-order valence-electron chi connectivity index (χ2n) is 10.5. The molecule has 2 atom stereocenters. The standard InChI is InChI=1S/C32H34N4O4/c1-5-21-6-9-25-15-24(21)17-36(4)31(38)29(34-26-10-7-22-12-13-33-30(37)28(22)16-26)23-8-11-27(19(2)14-23)20(3)18-40-32(39)35-25/h6-16,20,29,34H,5,17-18H2,1-4H3,(H,33,37)(H,35,39)/t20-,29+/m0/s1. The molecule has 206 valence electrons. The molecule has 4 bridgehead atoms. The lowest BCUT2D eigenvalue weighted by Gasteiger charge is -2.28. The highest BCUT2D eigenvalue weighted by Crippen LogP contribution is 2.29. The molecule has 0 unspecified atom stereocenters. The van der Waals surface area contributed by atoms with E-state index in [1.54, 1.807) is 24.2 Å². The third-order valence-corrected chi connectivity index (χ3v) is 7.57. The molecular formula is C32H34N4O4. The van der Waals surface area contributed by atoms with Crippen LogP contribution in [-0.4, -0.2) is 35.5 Å². The maximum Gasteiger partial charge on any atom is 0.411 e. The topological polar surface area (TPSA) is 104 Å². The Hall–Kier alpha value is -4.59. The first kappa shape index (κ1) is 27.0. The Labute approximate surface area is 233 Å². The van der Waals surface area contributed by atoms with Gasteiger partial charge in [0.1, 0.15) is 6.04 Å². The van der Waals surface area contributed by atoms with Gasteiger partial charge in [-0.05, 0) is 76.9 Å². The number of anilines is 2. The van der Waals surface area contributed by atoms with Gasteiger partial charge in [-0.3, -0.25) is 14.9 Å². The van der Waals surface area contributed by atoms with E-state index < -0.39 is 12.1 Å². The normalized spacial score (nSPS) is 17.9. The van der Waals surface area contributed by atoms with E-state index in [0.29, 0.717) is 23.3 Å². The predicted octanol–water partition coefficient (Wildman–Crippen LogP) is 5.88. The summed E-state index contributed by atoms with van der Waals surface area (Å²) in [6.45, 7) is 6.65. The number of H-pyrrole nitrogens is 1. The maximum atomic E-state index is 14.1. The third-order valence-electron chi connectivity index (χ3n) is 7.57. The lowest BCUT2D eigenvalue weighted by atomic mass is 9.92. The highest BCUT2D eigenvalue weighted by Gasteiger charge is 2.26. The number of aromatic nitrogens is 1. The number of aryl methyl sites for hydroxylation is 2. The van der Waals surface area contributed by atoms with Crippen LogP contribution in [0.4, 0.5) is 16.2 Å². The largest absolute Gasteiger partial charge is 0.449 e. The number of hydrogen-bond acceptors (Lipinski definition) is 5. The van der Waals surface area contributed by atoms with Crippen LogP contribution in [0, 0.1) is 6.92 Å². The van der Waals surface area contributed by atoms with Crippen molar-refractivity contribution in [2.45, 2.75) is 45.7 Å². The summed E-state index contributed by atoms with van der Waals surface area (Å²) in [5.74, 6) is -0.156. The molecule has 0 spiro atoms. The number of ether oxygens (including phenoxy) is 1. The Bertz CT molecular complexity index is 1640. The molecule has 1 aromatic heterocycles. The Morgan fingerprint density at radius 3 is 2.62 bits per heavy atom. The summed E-state index contributed by atoms with van der Waals surface area (Å²) < 4.78 is 5.55. The summed E-state index contributed by atoms with van der Waals surface area (Å²) >= 11 is 0. The molecule has 0 saturated carbocycles. The van der Waals surface area contributed by atoms with E-state index in [1.165, 1.54) is 0 Å². The number of likely N-dealkylation sites (N-methyl/N-ethyl adjacent to an activating group) is 1. The lowest BCUT2D eigenvalue weighted by Crippen LogP contribution is -2.35. The fraction of sp³-hybridized carbons (Fsp3) is 0.281. The van der Waals surface area contributed by atoms with E-state index >= 15 is 0 Å². The zero-order chi connectivity index (χ0) is 28.4. The number of hydrogen-bond donors (Lipinski definition) is 3. The molecule has 3 N–H and O–H groups in total. The van der Waals surface area contributed by atoms with Crippen molar-refractivity contribution in [2.75, 3.05) is 24.3 Å². The van der Waals surface area contributed by atoms with Gasteiger partial charge in [-0.1, -0.05) is 44.2 Å². The van der Waals surface area contributed by atoms with Crippen LogP contribution in [0.3, 0.4) is 0 Å². The van der Waals surface area contributed by atoms with E-state index in [2.05, 4.69) is 22.5 Å². The molecule has 4 aromatic rings. The molecule has 0 radical (unpaired) electrons. The maximum absolute atomic E-state index is 14.1. The molecule has 6 rings (SSSR count). The Kier molecular flexibility index (Phi) is 7.60. The van der Waals surface area contributed by atoms with Crippen LogP contribution in [0.15, 0.2) is 71.7 Å². The number of rotatable bonds is 3. The summed E-state index contributed by atoms with van der Waals surface area (Å²) in [7, 11) is 1.78. The average molecular weight is 539 g/mol. The first-order valence-corrected chi connectivity index (χ1v) is 13.5. The monoisotopic (exact) mass is 538 g/mol. The van der Waals surface area contributed by atoms with Crippen molar-refractivity contribution in [3.8, 4) is 0 Å². The molecule has 0 fully saturated rings. The van der Waals surface area contributed by atoms with E-state index in [4.69, 9.17) is 4.74 Å². The summed E-state index contributed by atoms with van der Waals surface area (Å²) in [5.41, 5.74) is 5.99. The van der Waals surface area contributed by atoms with Crippen molar-refractivity contribution in [2.24, 2.45) is 0 Å². The number of amides is 2. The van der Waals surface area contributed by atoms with Crippen LogP contribution in [-0.2, 0) is 22.5 Å². The zero-order valence-corrected chi connectivity index (χ0v) is 23.2. The van der Waals surface area contributed by atoms with E-state index in [0.717, 1.165) is 39.6 Å². The first-order valence-electron chi connectivity index (χ1n) is 13.5. The Morgan fingerprint density at radius 2 is 1.85 bits per heavy atom. The summed E-state index contributed by atoms with van der Waals surface area (Å²) in [4.78, 5) is 43.5. The van der Waals surface area contributed by atoms with E-state index in [-0.39, 0.29) is 24.0 Å². The third kappa shape index (κ3) is 5.57. The van der Waals surface area contributed by atoms with Crippen molar-refractivity contribution < 1.29 is 14.3 Å². The van der Waals surface area contributed by atoms with Crippen LogP contribution < -0.4 is 16.2 Å². The van der Waals surface area contributed by atoms with Crippen LogP contribution >= 0.6 is 0 Å². The highest BCUT2D eigenvalue weighted by atomic mass is 16.5. The van der Waals surface area contributed by atoms with Crippen molar-refractivity contribution in [3.05, 3.63) is 105 Å². The second kappa shape index (κ2) is 11.3. The number of fused-ring (bicyclic) bond motifs is 10.